The number of aliphatic carboxylic acids is 1. The highest BCUT2D eigenvalue weighted by Crippen LogP contribution is 2.50. The molecule has 0 spiro atoms. The number of carboxylic acid groups (broad SMARTS) is 1. The minimum absolute atomic E-state index is 0.0789. The molecule has 4 N–H and O–H groups in total. The molecule has 2 amide bonds. The van der Waals surface area contributed by atoms with Crippen molar-refractivity contribution in [3.8, 4) is 0 Å². The Hall–Kier alpha value is -1.89. The van der Waals surface area contributed by atoms with Gasteiger partial charge in [0.15, 0.2) is 0 Å². The van der Waals surface area contributed by atoms with Crippen molar-refractivity contribution in [2.75, 3.05) is 5.32 Å². The van der Waals surface area contributed by atoms with Crippen LogP contribution in [0.2, 0.25) is 0 Å². The van der Waals surface area contributed by atoms with Gasteiger partial charge in [-0.2, -0.15) is 0 Å². The Labute approximate surface area is 175 Å². The molecule has 0 radical (unpaired) electrons. The van der Waals surface area contributed by atoms with Gasteiger partial charge in [-0.15, -0.1) is 11.3 Å². The zero-order valence-corrected chi connectivity index (χ0v) is 17.7. The number of hydrogen-bond donors (Lipinski definition) is 3. The van der Waals surface area contributed by atoms with Crippen molar-refractivity contribution in [1.82, 2.24) is 0 Å². The van der Waals surface area contributed by atoms with Crippen molar-refractivity contribution in [3.05, 3.63) is 16.0 Å². The number of anilines is 1. The summed E-state index contributed by atoms with van der Waals surface area (Å²) >= 11 is 1.46. The number of carbonyl (C=O) groups is 3. The van der Waals surface area contributed by atoms with E-state index in [0.717, 1.165) is 68.2 Å². The zero-order valence-electron chi connectivity index (χ0n) is 16.9. The van der Waals surface area contributed by atoms with E-state index in [2.05, 4.69) is 12.2 Å². The molecule has 3 fully saturated rings. The molecule has 0 aliphatic heterocycles. The van der Waals surface area contributed by atoms with Gasteiger partial charge in [-0.3, -0.25) is 14.4 Å². The summed E-state index contributed by atoms with van der Waals surface area (Å²) in [5.74, 6) is -1.97. The zero-order chi connectivity index (χ0) is 20.7. The number of thiophene rings is 1. The van der Waals surface area contributed by atoms with Crippen LogP contribution < -0.4 is 11.1 Å². The first-order chi connectivity index (χ1) is 13.9. The molecule has 5 rings (SSSR count). The van der Waals surface area contributed by atoms with Gasteiger partial charge >= 0.3 is 5.97 Å². The molecular formula is C22H30N2O4S. The SMILES string of the molecule is CCC[C@H]1CCc2c(sc(NC(=O)[C@@H]3C4CCC(CC4)[C@@H]3C(=O)O)c2C(N)=O)C1. The van der Waals surface area contributed by atoms with Crippen molar-refractivity contribution in [3.63, 3.8) is 0 Å². The number of nitrogens with two attached hydrogens (primary N) is 1. The molecule has 2 bridgehead atoms. The summed E-state index contributed by atoms with van der Waals surface area (Å²) < 4.78 is 0. The van der Waals surface area contributed by atoms with E-state index in [1.807, 2.05) is 0 Å². The fourth-order valence-electron chi connectivity index (χ4n) is 6.03. The quantitative estimate of drug-likeness (QED) is 0.652. The van der Waals surface area contributed by atoms with Crippen LogP contribution in [0.4, 0.5) is 5.00 Å². The lowest BCUT2D eigenvalue weighted by molar-refractivity contribution is -0.156. The van der Waals surface area contributed by atoms with Gasteiger partial charge in [0.05, 0.1) is 17.4 Å². The van der Waals surface area contributed by atoms with E-state index < -0.39 is 23.7 Å². The Balaban J connectivity index is 1.60. The number of amides is 2. The number of primary amides is 1. The van der Waals surface area contributed by atoms with Gasteiger partial charge in [0.25, 0.3) is 5.91 Å². The van der Waals surface area contributed by atoms with Crippen LogP contribution in [-0.4, -0.2) is 22.9 Å². The highest BCUT2D eigenvalue weighted by molar-refractivity contribution is 7.17. The molecule has 4 aliphatic carbocycles. The van der Waals surface area contributed by atoms with Crippen LogP contribution >= 0.6 is 11.3 Å². The van der Waals surface area contributed by atoms with Gasteiger partial charge in [-0.1, -0.05) is 19.8 Å². The van der Waals surface area contributed by atoms with Crippen LogP contribution in [0, 0.1) is 29.6 Å². The first-order valence-electron chi connectivity index (χ1n) is 10.9. The van der Waals surface area contributed by atoms with Crippen LogP contribution in [0.15, 0.2) is 0 Å². The molecule has 0 aromatic carbocycles. The van der Waals surface area contributed by atoms with Crippen LogP contribution in [0.5, 0.6) is 0 Å². The second-order valence-electron chi connectivity index (χ2n) is 9.02. The lowest BCUT2D eigenvalue weighted by Crippen LogP contribution is -2.49. The number of nitrogens with one attached hydrogen (secondary N) is 1. The van der Waals surface area contributed by atoms with Gasteiger partial charge in [0, 0.05) is 4.88 Å². The van der Waals surface area contributed by atoms with Crippen molar-refractivity contribution in [2.45, 2.75) is 64.7 Å². The summed E-state index contributed by atoms with van der Waals surface area (Å²) in [6, 6.07) is 0. The predicted molar refractivity (Wildman–Crippen MR) is 112 cm³/mol. The summed E-state index contributed by atoms with van der Waals surface area (Å²) in [5.41, 5.74) is 7.13. The summed E-state index contributed by atoms with van der Waals surface area (Å²) in [6.45, 7) is 2.18. The summed E-state index contributed by atoms with van der Waals surface area (Å²) in [7, 11) is 0. The summed E-state index contributed by atoms with van der Waals surface area (Å²) in [5, 5.41) is 13.2. The number of carboxylic acids is 1. The monoisotopic (exact) mass is 418 g/mol. The molecule has 158 valence electrons. The number of fused-ring (bicyclic) bond motifs is 4. The third-order valence-electron chi connectivity index (χ3n) is 7.35. The van der Waals surface area contributed by atoms with Gasteiger partial charge in [0.1, 0.15) is 5.00 Å². The average molecular weight is 419 g/mol. The number of hydrogen-bond acceptors (Lipinski definition) is 4. The number of rotatable bonds is 6. The van der Waals surface area contributed by atoms with Crippen LogP contribution in [0.1, 0.15) is 72.7 Å². The van der Waals surface area contributed by atoms with Crippen LogP contribution in [0.3, 0.4) is 0 Å². The summed E-state index contributed by atoms with van der Waals surface area (Å²) in [6.07, 6.45) is 8.69. The van der Waals surface area contributed by atoms with Crippen LogP contribution in [0.25, 0.3) is 0 Å². The highest BCUT2D eigenvalue weighted by atomic mass is 32.1. The van der Waals surface area contributed by atoms with Gasteiger partial charge in [-0.05, 0) is 68.3 Å². The first-order valence-corrected chi connectivity index (χ1v) is 11.7. The Bertz CT molecular complexity index is 825. The van der Waals surface area contributed by atoms with Crippen molar-refractivity contribution >= 4 is 34.1 Å². The third-order valence-corrected chi connectivity index (χ3v) is 8.52. The smallest absolute Gasteiger partial charge is 0.307 e. The molecule has 4 aliphatic rings. The highest BCUT2D eigenvalue weighted by Gasteiger charge is 2.50. The number of carbonyl (C=O) groups excluding carboxylic acids is 2. The fourth-order valence-corrected chi connectivity index (χ4v) is 7.41. The third kappa shape index (κ3) is 3.69. The van der Waals surface area contributed by atoms with Crippen LogP contribution in [-0.2, 0) is 22.4 Å². The molecule has 0 unspecified atom stereocenters. The first kappa shape index (κ1) is 20.4. The van der Waals surface area contributed by atoms with Crippen molar-refractivity contribution < 1.29 is 19.5 Å². The largest absolute Gasteiger partial charge is 0.481 e. The van der Waals surface area contributed by atoms with Crippen molar-refractivity contribution in [2.24, 2.45) is 35.3 Å². The fraction of sp³-hybridized carbons (Fsp3) is 0.682. The van der Waals surface area contributed by atoms with E-state index >= 15 is 0 Å². The molecule has 1 heterocycles. The maximum absolute atomic E-state index is 13.2. The van der Waals surface area contributed by atoms with E-state index in [9.17, 15) is 19.5 Å². The van der Waals surface area contributed by atoms with Gasteiger partial charge in [0.2, 0.25) is 5.91 Å². The Kier molecular flexibility index (Phi) is 5.69. The molecule has 3 atom stereocenters. The molecule has 7 heteroatoms. The maximum atomic E-state index is 13.2. The lowest BCUT2D eigenvalue weighted by Gasteiger charge is -2.45. The van der Waals surface area contributed by atoms with E-state index in [1.54, 1.807) is 0 Å². The normalized spacial score (nSPS) is 30.6. The van der Waals surface area contributed by atoms with Gasteiger partial charge in [-0.25, -0.2) is 0 Å². The molecule has 29 heavy (non-hydrogen) atoms. The minimum atomic E-state index is -0.873. The van der Waals surface area contributed by atoms with E-state index in [0.29, 0.717) is 16.5 Å². The Morgan fingerprint density at radius 2 is 1.76 bits per heavy atom. The molecule has 3 saturated carbocycles. The van der Waals surface area contributed by atoms with Crippen molar-refractivity contribution in [1.29, 1.82) is 0 Å². The second kappa shape index (κ2) is 8.09. The maximum Gasteiger partial charge on any atom is 0.307 e. The van der Waals surface area contributed by atoms with E-state index in [-0.39, 0.29) is 17.7 Å². The minimum Gasteiger partial charge on any atom is -0.481 e. The topological polar surface area (TPSA) is 109 Å². The molecule has 0 saturated heterocycles. The standard InChI is InChI=1S/C22H30N2O4S/c1-2-3-11-4-9-14-15(10-11)29-21(18(14)19(23)25)24-20(26)16-12-5-7-13(8-6-12)17(16)22(27)28/h11-13,16-17H,2-10H2,1H3,(H2,23,25)(H,24,26)(H,27,28)/t11-,12?,13?,16+,17-/m0/s1. The van der Waals surface area contributed by atoms with Gasteiger partial charge < -0.3 is 16.2 Å². The Morgan fingerprint density at radius 1 is 1.10 bits per heavy atom. The van der Waals surface area contributed by atoms with E-state index in [1.165, 1.54) is 11.3 Å². The lowest BCUT2D eigenvalue weighted by atomic mass is 9.58. The van der Waals surface area contributed by atoms with E-state index in [4.69, 9.17) is 5.73 Å². The molecule has 1 aromatic heterocycles. The average Bonchev–Trinajstić information content (AvgIpc) is 3.05. The summed E-state index contributed by atoms with van der Waals surface area (Å²) in [4.78, 5) is 38.5. The second-order valence-corrected chi connectivity index (χ2v) is 10.1. The molecule has 1 aromatic rings. The molecule has 6 nitrogen and oxygen atoms in total. The predicted octanol–water partition coefficient (Wildman–Crippen LogP) is 3.83. The Morgan fingerprint density at radius 3 is 2.34 bits per heavy atom. The molecular weight excluding hydrogens is 388 g/mol.